The highest BCUT2D eigenvalue weighted by Gasteiger charge is 2.21. The number of methoxy groups -OCH3 is 1. The molecular weight excluding hydrogens is 381 g/mol. The molecule has 11 heteroatoms. The van der Waals surface area contributed by atoms with Crippen LogP contribution in [0.5, 0.6) is 5.75 Å². The Kier molecular flexibility index (Phi) is 6.17. The van der Waals surface area contributed by atoms with E-state index in [0.29, 0.717) is 31.1 Å². The van der Waals surface area contributed by atoms with Gasteiger partial charge in [0.1, 0.15) is 6.61 Å². The van der Waals surface area contributed by atoms with Crippen molar-refractivity contribution >= 4 is 23.4 Å². The van der Waals surface area contributed by atoms with Crippen molar-refractivity contribution in [3.05, 3.63) is 47.9 Å². The topological polar surface area (TPSA) is 139 Å². The molecule has 2 aromatic heterocycles. The Bertz CT molecular complexity index is 934. The average Bonchev–Trinajstić information content (AvgIpc) is 2.73. The summed E-state index contributed by atoms with van der Waals surface area (Å²) in [5.74, 6) is 0.235. The van der Waals surface area contributed by atoms with Gasteiger partial charge in [-0.05, 0) is 18.1 Å². The normalized spacial score (nSPS) is 13.4. The average molecular weight is 401 g/mol. The molecule has 0 spiro atoms. The zero-order chi connectivity index (χ0) is 20.8. The Hall–Kier alpha value is -3.76. The van der Waals surface area contributed by atoms with E-state index < -0.39 is 17.9 Å². The number of halogens is 1. The van der Waals surface area contributed by atoms with Gasteiger partial charge in [-0.15, -0.1) is 0 Å². The van der Waals surface area contributed by atoms with Crippen LogP contribution < -0.4 is 20.7 Å². The van der Waals surface area contributed by atoms with Crippen molar-refractivity contribution in [1.82, 2.24) is 20.3 Å². The highest BCUT2D eigenvalue weighted by Crippen LogP contribution is 2.26. The van der Waals surface area contributed by atoms with Crippen LogP contribution in [0.2, 0.25) is 0 Å². The van der Waals surface area contributed by atoms with E-state index in [1.54, 1.807) is 24.4 Å². The first-order valence-corrected chi connectivity index (χ1v) is 8.69. The van der Waals surface area contributed by atoms with E-state index in [0.717, 1.165) is 5.57 Å². The van der Waals surface area contributed by atoms with Gasteiger partial charge < -0.3 is 20.1 Å². The number of guanidine groups is 1. The summed E-state index contributed by atoms with van der Waals surface area (Å²) in [6, 6.07) is 1.43. The number of aromatic nitrogens is 3. The van der Waals surface area contributed by atoms with Crippen LogP contribution >= 0.6 is 0 Å². The SMILES string of the molecule is COc1cnc(C2=CCN(c3nccc(COC(=O)NC(=N)N)c3F)CC2)nc1. The first-order chi connectivity index (χ1) is 14.0. The lowest BCUT2D eigenvalue weighted by molar-refractivity contribution is 0.143. The number of alkyl carbamates (subject to hydrolysis) is 1. The Morgan fingerprint density at radius 3 is 2.76 bits per heavy atom. The predicted molar refractivity (Wildman–Crippen MR) is 103 cm³/mol. The first kappa shape index (κ1) is 20.0. The van der Waals surface area contributed by atoms with Gasteiger partial charge in [0, 0.05) is 24.8 Å². The number of carbonyl (C=O) groups excluding carboxylic acids is 1. The molecule has 2 aromatic rings. The number of ether oxygens (including phenoxy) is 2. The second-order valence-electron chi connectivity index (χ2n) is 6.09. The molecule has 1 aliphatic rings. The van der Waals surface area contributed by atoms with Crippen LogP contribution in [0, 0.1) is 11.2 Å². The summed E-state index contributed by atoms with van der Waals surface area (Å²) in [5, 5.41) is 8.93. The third-order valence-corrected chi connectivity index (χ3v) is 4.21. The third-order valence-electron chi connectivity index (χ3n) is 4.21. The molecule has 0 saturated carbocycles. The minimum Gasteiger partial charge on any atom is -0.494 e. The lowest BCUT2D eigenvalue weighted by atomic mass is 10.1. The summed E-state index contributed by atoms with van der Waals surface area (Å²) in [4.78, 5) is 25.9. The molecule has 0 unspecified atom stereocenters. The summed E-state index contributed by atoms with van der Waals surface area (Å²) >= 11 is 0. The summed E-state index contributed by atoms with van der Waals surface area (Å²) in [6.07, 6.45) is 6.27. The van der Waals surface area contributed by atoms with E-state index in [9.17, 15) is 9.18 Å². The van der Waals surface area contributed by atoms with Gasteiger partial charge in [0.2, 0.25) is 0 Å². The van der Waals surface area contributed by atoms with Crippen LogP contribution in [0.1, 0.15) is 17.8 Å². The van der Waals surface area contributed by atoms with E-state index in [4.69, 9.17) is 20.6 Å². The maximum atomic E-state index is 14.8. The fourth-order valence-electron chi connectivity index (χ4n) is 2.74. The standard InChI is InChI=1S/C18H20FN7O3/c1-28-13-8-23-15(24-9-13)11-3-6-26(7-4-11)16-14(19)12(2-5-22-16)10-29-18(27)25-17(20)21/h2-3,5,8-9H,4,6-7,10H2,1H3,(H4,20,21,25,27). The summed E-state index contributed by atoms with van der Waals surface area (Å²) in [6.45, 7) is 0.652. The van der Waals surface area contributed by atoms with E-state index in [1.165, 1.54) is 12.3 Å². The maximum Gasteiger partial charge on any atom is 0.414 e. The number of pyridine rings is 1. The summed E-state index contributed by atoms with van der Waals surface area (Å²) in [7, 11) is 1.55. The fourth-order valence-corrected chi connectivity index (χ4v) is 2.74. The number of nitrogens with zero attached hydrogens (tertiary/aromatic N) is 4. The van der Waals surface area contributed by atoms with Gasteiger partial charge >= 0.3 is 6.09 Å². The van der Waals surface area contributed by atoms with Crippen LogP contribution in [0.15, 0.2) is 30.7 Å². The van der Waals surface area contributed by atoms with Crippen molar-refractivity contribution in [2.75, 3.05) is 25.1 Å². The third kappa shape index (κ3) is 4.94. The van der Waals surface area contributed by atoms with Gasteiger partial charge in [0.05, 0.1) is 19.5 Å². The van der Waals surface area contributed by atoms with Crippen molar-refractivity contribution in [3.8, 4) is 5.75 Å². The lowest BCUT2D eigenvalue weighted by Gasteiger charge is -2.27. The number of anilines is 1. The number of hydrogen-bond donors (Lipinski definition) is 3. The Morgan fingerprint density at radius 2 is 2.14 bits per heavy atom. The zero-order valence-electron chi connectivity index (χ0n) is 15.7. The van der Waals surface area contributed by atoms with Crippen LogP contribution in [0.4, 0.5) is 15.0 Å². The number of amides is 1. The molecule has 1 aliphatic heterocycles. The minimum atomic E-state index is -0.930. The Morgan fingerprint density at radius 1 is 1.38 bits per heavy atom. The molecule has 3 heterocycles. The smallest absolute Gasteiger partial charge is 0.414 e. The molecule has 0 atom stereocenters. The van der Waals surface area contributed by atoms with Crippen LogP contribution in [0.25, 0.3) is 5.57 Å². The number of carbonyl (C=O) groups is 1. The largest absolute Gasteiger partial charge is 0.494 e. The Labute approximate surface area is 166 Å². The molecule has 152 valence electrons. The molecule has 0 aliphatic carbocycles. The van der Waals surface area contributed by atoms with Crippen molar-refractivity contribution < 1.29 is 18.7 Å². The monoisotopic (exact) mass is 401 g/mol. The number of nitrogens with one attached hydrogen (secondary N) is 2. The fraction of sp³-hybridized carbons (Fsp3) is 0.278. The second kappa shape index (κ2) is 8.95. The van der Waals surface area contributed by atoms with Crippen molar-refractivity contribution in [1.29, 1.82) is 5.41 Å². The quantitative estimate of drug-likeness (QED) is 0.505. The molecule has 3 rings (SSSR count). The van der Waals surface area contributed by atoms with E-state index in [1.807, 2.05) is 11.4 Å². The van der Waals surface area contributed by atoms with Crippen molar-refractivity contribution in [2.24, 2.45) is 5.73 Å². The summed E-state index contributed by atoms with van der Waals surface area (Å²) in [5.41, 5.74) is 6.17. The van der Waals surface area contributed by atoms with Gasteiger partial charge in [-0.3, -0.25) is 10.7 Å². The highest BCUT2D eigenvalue weighted by atomic mass is 19.1. The van der Waals surface area contributed by atoms with E-state index in [2.05, 4.69) is 15.0 Å². The van der Waals surface area contributed by atoms with Crippen molar-refractivity contribution in [3.63, 3.8) is 0 Å². The molecule has 0 saturated heterocycles. The van der Waals surface area contributed by atoms with Crippen LogP contribution in [-0.4, -0.2) is 47.2 Å². The molecule has 1 amide bonds. The van der Waals surface area contributed by atoms with Gasteiger partial charge in [0.25, 0.3) is 0 Å². The molecule has 0 fully saturated rings. The molecule has 10 nitrogen and oxygen atoms in total. The number of hydrogen-bond acceptors (Lipinski definition) is 8. The number of rotatable bonds is 5. The Balaban J connectivity index is 1.67. The zero-order valence-corrected chi connectivity index (χ0v) is 15.7. The predicted octanol–water partition coefficient (Wildman–Crippen LogP) is 1.43. The van der Waals surface area contributed by atoms with Crippen molar-refractivity contribution in [2.45, 2.75) is 13.0 Å². The minimum absolute atomic E-state index is 0.168. The van der Waals surface area contributed by atoms with Gasteiger partial charge in [-0.2, -0.15) is 0 Å². The van der Waals surface area contributed by atoms with Crippen LogP contribution in [0.3, 0.4) is 0 Å². The molecule has 0 aromatic carbocycles. The number of nitrogens with two attached hydrogens (primary N) is 1. The molecular formula is C18H20FN7O3. The first-order valence-electron chi connectivity index (χ1n) is 8.69. The maximum absolute atomic E-state index is 14.8. The second-order valence-corrected chi connectivity index (χ2v) is 6.09. The molecule has 0 bridgehead atoms. The molecule has 29 heavy (non-hydrogen) atoms. The molecule has 4 N–H and O–H groups in total. The highest BCUT2D eigenvalue weighted by molar-refractivity contribution is 5.90. The van der Waals surface area contributed by atoms with Gasteiger partial charge in [-0.1, -0.05) is 6.08 Å². The van der Waals surface area contributed by atoms with Crippen LogP contribution in [-0.2, 0) is 11.3 Å². The van der Waals surface area contributed by atoms with Gasteiger partial charge in [0.15, 0.2) is 29.2 Å². The lowest BCUT2D eigenvalue weighted by Crippen LogP contribution is -2.36. The van der Waals surface area contributed by atoms with E-state index >= 15 is 0 Å². The van der Waals surface area contributed by atoms with E-state index in [-0.39, 0.29) is 18.0 Å². The summed E-state index contributed by atoms with van der Waals surface area (Å²) < 4.78 is 24.7. The molecule has 0 radical (unpaired) electrons. The van der Waals surface area contributed by atoms with Gasteiger partial charge in [-0.25, -0.2) is 24.1 Å².